The van der Waals surface area contributed by atoms with E-state index in [1.807, 2.05) is 14.1 Å². The fourth-order valence-corrected chi connectivity index (χ4v) is 2.51. The minimum atomic E-state index is -0.824. The zero-order valence-corrected chi connectivity index (χ0v) is 18.6. The SMILES string of the molecule is C=CC(=O)NCCCOCC(COCCCNC)(COCCCNC)NC(=O)C=C. The molecule has 30 heavy (non-hydrogen) atoms. The Kier molecular flexibility index (Phi) is 18.1. The second-order valence-electron chi connectivity index (χ2n) is 6.89. The maximum atomic E-state index is 12.1. The number of hydrogen-bond donors (Lipinski definition) is 4. The second kappa shape index (κ2) is 19.2. The van der Waals surface area contributed by atoms with E-state index in [0.717, 1.165) is 25.9 Å². The van der Waals surface area contributed by atoms with Crippen LogP contribution in [-0.4, -0.2) is 90.7 Å². The van der Waals surface area contributed by atoms with Gasteiger partial charge in [0, 0.05) is 26.4 Å². The van der Waals surface area contributed by atoms with E-state index < -0.39 is 5.54 Å². The number of ether oxygens (including phenoxy) is 3. The van der Waals surface area contributed by atoms with E-state index in [1.165, 1.54) is 12.2 Å². The van der Waals surface area contributed by atoms with Crippen LogP contribution in [0.4, 0.5) is 0 Å². The van der Waals surface area contributed by atoms with Gasteiger partial charge in [0.25, 0.3) is 0 Å². The van der Waals surface area contributed by atoms with Crippen molar-refractivity contribution in [1.29, 1.82) is 0 Å². The summed E-state index contributed by atoms with van der Waals surface area (Å²) in [5, 5.41) is 11.8. The zero-order chi connectivity index (χ0) is 22.5. The van der Waals surface area contributed by atoms with E-state index in [-0.39, 0.29) is 31.6 Å². The Morgan fingerprint density at radius 2 is 1.20 bits per heavy atom. The minimum absolute atomic E-state index is 0.215. The molecule has 0 fully saturated rings. The molecule has 0 radical (unpaired) electrons. The van der Waals surface area contributed by atoms with Crippen molar-refractivity contribution in [3.63, 3.8) is 0 Å². The first-order valence-corrected chi connectivity index (χ1v) is 10.4. The molecule has 2 amide bonds. The highest BCUT2D eigenvalue weighted by Gasteiger charge is 2.33. The highest BCUT2D eigenvalue weighted by molar-refractivity contribution is 5.87. The Bertz CT molecular complexity index is 474. The van der Waals surface area contributed by atoms with Crippen molar-refractivity contribution in [2.75, 3.05) is 73.4 Å². The molecule has 0 saturated carbocycles. The van der Waals surface area contributed by atoms with Crippen molar-refractivity contribution >= 4 is 11.8 Å². The number of hydrogen-bond acceptors (Lipinski definition) is 7. The number of nitrogens with one attached hydrogen (secondary N) is 4. The Hall–Kier alpha value is -1.78. The average Bonchev–Trinajstić information content (AvgIpc) is 2.75. The van der Waals surface area contributed by atoms with Gasteiger partial charge in [0.1, 0.15) is 5.54 Å². The van der Waals surface area contributed by atoms with Gasteiger partial charge in [0.2, 0.25) is 11.8 Å². The molecule has 0 bridgehead atoms. The summed E-state index contributed by atoms with van der Waals surface area (Å²) in [4.78, 5) is 23.2. The van der Waals surface area contributed by atoms with Crippen molar-refractivity contribution in [3.05, 3.63) is 25.3 Å². The normalized spacial score (nSPS) is 11.1. The number of amides is 2. The Balaban J connectivity index is 4.78. The number of rotatable bonds is 21. The minimum Gasteiger partial charge on any atom is -0.379 e. The molecular weight excluding hydrogens is 388 g/mol. The Labute approximate surface area is 181 Å². The van der Waals surface area contributed by atoms with E-state index in [4.69, 9.17) is 14.2 Å². The molecular formula is C21H40N4O5. The summed E-state index contributed by atoms with van der Waals surface area (Å²) >= 11 is 0. The van der Waals surface area contributed by atoms with E-state index >= 15 is 0 Å². The average molecular weight is 429 g/mol. The summed E-state index contributed by atoms with van der Waals surface area (Å²) in [5.74, 6) is -0.526. The van der Waals surface area contributed by atoms with Crippen LogP contribution in [0.1, 0.15) is 19.3 Å². The van der Waals surface area contributed by atoms with Crippen molar-refractivity contribution in [3.8, 4) is 0 Å². The predicted octanol–water partition coefficient (Wildman–Crippen LogP) is -0.0115. The molecule has 0 spiro atoms. The smallest absolute Gasteiger partial charge is 0.244 e. The molecule has 9 heteroatoms. The fourth-order valence-electron chi connectivity index (χ4n) is 2.51. The molecule has 0 aromatic heterocycles. The first-order valence-electron chi connectivity index (χ1n) is 10.4. The summed E-state index contributed by atoms with van der Waals surface area (Å²) in [6, 6.07) is 0. The first kappa shape index (κ1) is 28.2. The predicted molar refractivity (Wildman–Crippen MR) is 118 cm³/mol. The van der Waals surface area contributed by atoms with Crippen LogP contribution in [0.3, 0.4) is 0 Å². The van der Waals surface area contributed by atoms with Crippen molar-refractivity contribution in [2.24, 2.45) is 0 Å². The lowest BCUT2D eigenvalue weighted by atomic mass is 10.0. The largest absolute Gasteiger partial charge is 0.379 e. The summed E-state index contributed by atoms with van der Waals surface area (Å²) in [6.07, 6.45) is 4.80. The number of carbonyl (C=O) groups excluding carboxylic acids is 2. The second-order valence-corrected chi connectivity index (χ2v) is 6.89. The van der Waals surface area contributed by atoms with Gasteiger partial charge < -0.3 is 35.5 Å². The van der Waals surface area contributed by atoms with Crippen LogP contribution >= 0.6 is 0 Å². The Morgan fingerprint density at radius 3 is 1.60 bits per heavy atom. The quantitative estimate of drug-likeness (QED) is 0.150. The van der Waals surface area contributed by atoms with E-state index in [1.54, 1.807) is 0 Å². The number of carbonyl (C=O) groups is 2. The molecule has 0 unspecified atom stereocenters. The highest BCUT2D eigenvalue weighted by Crippen LogP contribution is 2.10. The summed E-state index contributed by atoms with van der Waals surface area (Å²) in [5.41, 5.74) is -0.824. The molecule has 0 saturated heterocycles. The molecule has 9 nitrogen and oxygen atoms in total. The van der Waals surface area contributed by atoms with Gasteiger partial charge >= 0.3 is 0 Å². The third-order valence-electron chi connectivity index (χ3n) is 4.09. The monoisotopic (exact) mass is 428 g/mol. The van der Waals surface area contributed by atoms with Crippen molar-refractivity contribution in [1.82, 2.24) is 21.3 Å². The van der Waals surface area contributed by atoms with Crippen LogP contribution in [0, 0.1) is 0 Å². The van der Waals surface area contributed by atoms with Crippen molar-refractivity contribution in [2.45, 2.75) is 24.8 Å². The van der Waals surface area contributed by atoms with Gasteiger partial charge in [-0.15, -0.1) is 0 Å². The molecule has 0 aromatic carbocycles. The van der Waals surface area contributed by atoms with E-state index in [0.29, 0.717) is 32.8 Å². The molecule has 174 valence electrons. The van der Waals surface area contributed by atoms with Crippen LogP contribution < -0.4 is 21.3 Å². The van der Waals surface area contributed by atoms with E-state index in [9.17, 15) is 9.59 Å². The molecule has 0 aliphatic rings. The lowest BCUT2D eigenvalue weighted by Crippen LogP contribution is -2.58. The molecule has 0 aliphatic carbocycles. The van der Waals surface area contributed by atoms with Gasteiger partial charge in [-0.1, -0.05) is 13.2 Å². The van der Waals surface area contributed by atoms with Gasteiger partial charge in [0.15, 0.2) is 0 Å². The van der Waals surface area contributed by atoms with Gasteiger partial charge in [-0.05, 0) is 58.6 Å². The van der Waals surface area contributed by atoms with Crippen molar-refractivity contribution < 1.29 is 23.8 Å². The van der Waals surface area contributed by atoms with Crippen LogP contribution in [0.15, 0.2) is 25.3 Å². The maximum absolute atomic E-state index is 12.1. The highest BCUT2D eigenvalue weighted by atomic mass is 16.5. The molecule has 4 N–H and O–H groups in total. The zero-order valence-electron chi connectivity index (χ0n) is 18.6. The summed E-state index contributed by atoms with van der Waals surface area (Å²) in [7, 11) is 3.78. The standard InChI is InChI=1S/C21H40N4O5/c1-5-19(26)24-12-9-15-30-18-21(25-20(27)6-2,16-28-13-7-10-22-3)17-29-14-8-11-23-4/h5-6,22-23H,1-2,7-18H2,3-4H3,(H,24,26)(H,25,27). The molecule has 0 aromatic rings. The van der Waals surface area contributed by atoms with Gasteiger partial charge in [-0.3, -0.25) is 9.59 Å². The summed E-state index contributed by atoms with van der Waals surface area (Å²) < 4.78 is 17.4. The third-order valence-corrected chi connectivity index (χ3v) is 4.09. The third kappa shape index (κ3) is 15.1. The molecule has 0 rings (SSSR count). The van der Waals surface area contributed by atoms with Gasteiger partial charge in [-0.2, -0.15) is 0 Å². The van der Waals surface area contributed by atoms with Crippen LogP contribution in [0.2, 0.25) is 0 Å². The van der Waals surface area contributed by atoms with Crippen LogP contribution in [0.25, 0.3) is 0 Å². The Morgan fingerprint density at radius 1 is 0.767 bits per heavy atom. The van der Waals surface area contributed by atoms with Gasteiger partial charge in [0.05, 0.1) is 19.8 Å². The molecule has 0 heterocycles. The molecule has 0 aliphatic heterocycles. The van der Waals surface area contributed by atoms with Crippen LogP contribution in [-0.2, 0) is 23.8 Å². The lowest BCUT2D eigenvalue weighted by molar-refractivity contribution is -0.123. The maximum Gasteiger partial charge on any atom is 0.244 e. The van der Waals surface area contributed by atoms with Gasteiger partial charge in [-0.25, -0.2) is 0 Å². The topological polar surface area (TPSA) is 110 Å². The molecule has 0 atom stereocenters. The van der Waals surface area contributed by atoms with Crippen LogP contribution in [0.5, 0.6) is 0 Å². The fraction of sp³-hybridized carbons (Fsp3) is 0.714. The lowest BCUT2D eigenvalue weighted by Gasteiger charge is -2.34. The summed E-state index contributed by atoms with van der Waals surface area (Å²) in [6.45, 7) is 11.4. The van der Waals surface area contributed by atoms with E-state index in [2.05, 4.69) is 34.4 Å². The first-order chi connectivity index (χ1) is 14.5.